The molecule has 0 amide bonds. The number of hydrogen-bond acceptors (Lipinski definition) is 2. The van der Waals surface area contributed by atoms with Gasteiger partial charge in [-0.25, -0.2) is 0 Å². The Balaban J connectivity index is 0. The normalized spacial score (nSPS) is 2.00. The maximum absolute atomic E-state index is 8.84. The van der Waals surface area contributed by atoms with Gasteiger partial charge in [-0.3, -0.25) is 0 Å². The number of hydrogen-bond donors (Lipinski definition) is 0. The van der Waals surface area contributed by atoms with Crippen molar-refractivity contribution in [1.29, 1.82) is 0 Å². The molecule has 0 aromatic carbocycles. The second kappa shape index (κ2) is 9.38. The first kappa shape index (κ1) is 8.82. The van der Waals surface area contributed by atoms with Crippen LogP contribution in [0.25, 0.3) is 0 Å². The molecule has 0 bridgehead atoms. The van der Waals surface area contributed by atoms with Gasteiger partial charge < -0.3 is 0 Å². The Morgan fingerprint density at radius 1 is 1.75 bits per heavy atom. The van der Waals surface area contributed by atoms with E-state index in [1.165, 1.54) is 0 Å². The molecule has 4 heteroatoms. The van der Waals surface area contributed by atoms with Crippen LogP contribution in [-0.2, 0) is 18.2 Å². The summed E-state index contributed by atoms with van der Waals surface area (Å²) in [6.45, 7) is 0. The average Bonchev–Trinajstić information content (AvgIpc) is 0.918. The fourth-order valence-corrected chi connectivity index (χ4v) is 0. The van der Waals surface area contributed by atoms with E-state index in [2.05, 4.69) is 10.3 Å². The van der Waals surface area contributed by atoms with E-state index in [1.807, 2.05) is 0 Å². The molecule has 3 radical (unpaired) electrons. The van der Waals surface area contributed by atoms with E-state index in [0.29, 0.717) is 0 Å². The predicted molar refractivity (Wildman–Crippen MR) is 14.0 cm³/mol. The monoisotopic (exact) mass is 110 g/mol. The minimum absolute atomic E-state index is 0. The summed E-state index contributed by atoms with van der Waals surface area (Å²) in [5, 5.41) is 0. The predicted octanol–water partition coefficient (Wildman–Crippen LogP) is 0.146. The van der Waals surface area contributed by atoms with Crippen LogP contribution in [0.1, 0.15) is 0 Å². The van der Waals surface area contributed by atoms with Crippen molar-refractivity contribution in [3.8, 4) is 0 Å². The van der Waals surface area contributed by atoms with E-state index in [0.717, 1.165) is 0 Å². The number of rotatable bonds is 0. The molecular weight excluding hydrogens is 110 g/mol. The van der Waals surface area contributed by atoms with Crippen molar-refractivity contribution in [1.82, 2.24) is 0 Å². The van der Waals surface area contributed by atoms with Gasteiger partial charge in [0.05, 0.1) is 0 Å². The molecule has 1 nitrogen and oxygen atoms in total. The molecule has 0 aliphatic rings. The van der Waals surface area contributed by atoms with Gasteiger partial charge in [-0.2, -0.15) is 0 Å². The van der Waals surface area contributed by atoms with E-state index < -0.39 is 14.5 Å². The summed E-state index contributed by atoms with van der Waals surface area (Å²) >= 11 is -0.979. The molecule has 0 rings (SSSR count). The quantitative estimate of drug-likeness (QED) is 0.412. The van der Waals surface area contributed by atoms with Gasteiger partial charge in [0, 0.05) is 8.41 Å². The molecule has 0 saturated heterocycles. The Morgan fingerprint density at radius 2 is 1.75 bits per heavy atom. The molecule has 0 unspecified atom stereocenters. The molecule has 0 fully saturated rings. The van der Waals surface area contributed by atoms with Crippen LogP contribution in [0.2, 0.25) is 0 Å². The van der Waals surface area contributed by atoms with Crippen molar-refractivity contribution in [3.63, 3.8) is 0 Å². The van der Waals surface area contributed by atoms with Crippen LogP contribution in [0.5, 0.6) is 0 Å². The molecule has 0 saturated carbocycles. The van der Waals surface area contributed by atoms with Crippen LogP contribution in [0.3, 0.4) is 0 Å². The molecule has 0 aromatic rings. The van der Waals surface area contributed by atoms with Gasteiger partial charge >= 0.3 is 28.5 Å². The third-order valence-corrected chi connectivity index (χ3v) is 0. The van der Waals surface area contributed by atoms with Crippen molar-refractivity contribution >= 4 is 18.7 Å². The van der Waals surface area contributed by atoms with Crippen LogP contribution in [-0.4, -0.2) is 8.41 Å². The molecule has 0 aliphatic carbocycles. The zero-order chi connectivity index (χ0) is 2.71. The first-order valence-electron chi connectivity index (χ1n) is 0.365. The Labute approximate surface area is 37.3 Å². The minimum atomic E-state index is -0.979. The molecule has 0 spiro atoms. The molecule has 0 N–H and O–H groups in total. The Morgan fingerprint density at radius 3 is 1.75 bits per heavy atom. The molecular formula is BOSV. The summed E-state index contributed by atoms with van der Waals surface area (Å²) in [4.78, 5) is 0. The second-order valence-corrected chi connectivity index (χ2v) is 0.922. The molecule has 4 heavy (non-hydrogen) atoms. The van der Waals surface area contributed by atoms with Crippen LogP contribution < -0.4 is 0 Å². The molecule has 0 heterocycles. The van der Waals surface area contributed by atoms with Gasteiger partial charge in [-0.15, -0.1) is 0 Å². The molecule has 20 valence electrons. The van der Waals surface area contributed by atoms with E-state index in [4.69, 9.17) is 3.67 Å². The summed E-state index contributed by atoms with van der Waals surface area (Å²) in [6.07, 6.45) is 0. The van der Waals surface area contributed by atoms with Crippen molar-refractivity contribution in [2.45, 2.75) is 0 Å². The first-order chi connectivity index (χ1) is 1.41. The summed E-state index contributed by atoms with van der Waals surface area (Å²) < 4.78 is 8.84. The second-order valence-electron chi connectivity index (χ2n) is 0.0745. The zero-order valence-corrected chi connectivity index (χ0v) is 4.05. The van der Waals surface area contributed by atoms with Crippen molar-refractivity contribution in [2.24, 2.45) is 0 Å². The third-order valence-electron chi connectivity index (χ3n) is 0. The Bertz CT molecular complexity index is 29.0. The molecule has 0 aliphatic heterocycles. The maximum atomic E-state index is 8.84. The SMILES string of the molecule is [B].[O]=[V]=[S]. The summed E-state index contributed by atoms with van der Waals surface area (Å²) in [5.74, 6) is 0. The van der Waals surface area contributed by atoms with Crippen LogP contribution in [0.15, 0.2) is 0 Å². The zero-order valence-electron chi connectivity index (χ0n) is 1.84. The topological polar surface area (TPSA) is 17.1 Å². The summed E-state index contributed by atoms with van der Waals surface area (Å²) in [7, 11) is 3.93. The van der Waals surface area contributed by atoms with E-state index in [9.17, 15) is 0 Å². The van der Waals surface area contributed by atoms with E-state index in [-0.39, 0.29) is 8.41 Å². The van der Waals surface area contributed by atoms with Gasteiger partial charge in [0.1, 0.15) is 0 Å². The standard InChI is InChI=1S/B.O.S.V. The fraction of sp³-hybridized carbons (Fsp3) is 0. The fourth-order valence-electron chi connectivity index (χ4n) is 0. The van der Waals surface area contributed by atoms with Crippen molar-refractivity contribution in [3.05, 3.63) is 0 Å². The Kier molecular flexibility index (Phi) is 20.7. The molecule has 0 aromatic heterocycles. The van der Waals surface area contributed by atoms with E-state index in [1.54, 1.807) is 0 Å². The summed E-state index contributed by atoms with van der Waals surface area (Å²) in [6, 6.07) is 0. The van der Waals surface area contributed by atoms with E-state index >= 15 is 0 Å². The van der Waals surface area contributed by atoms with Gasteiger partial charge in [0.15, 0.2) is 0 Å². The van der Waals surface area contributed by atoms with Gasteiger partial charge in [0.2, 0.25) is 0 Å². The average molecular weight is 110 g/mol. The van der Waals surface area contributed by atoms with Crippen molar-refractivity contribution in [2.75, 3.05) is 0 Å². The van der Waals surface area contributed by atoms with Crippen LogP contribution in [0, 0.1) is 0 Å². The molecule has 0 atom stereocenters. The van der Waals surface area contributed by atoms with Gasteiger partial charge in [0.25, 0.3) is 0 Å². The van der Waals surface area contributed by atoms with Crippen LogP contribution >= 0.6 is 10.3 Å². The van der Waals surface area contributed by atoms with Gasteiger partial charge in [-0.05, 0) is 0 Å². The third kappa shape index (κ3) is 16.6. The van der Waals surface area contributed by atoms with Crippen LogP contribution in [0.4, 0.5) is 0 Å². The first-order valence-corrected chi connectivity index (χ1v) is 3.01. The van der Waals surface area contributed by atoms with Crippen molar-refractivity contribution < 1.29 is 18.2 Å². The Hall–Kier alpha value is 0.669. The van der Waals surface area contributed by atoms with Gasteiger partial charge in [-0.1, -0.05) is 0 Å². The summed E-state index contributed by atoms with van der Waals surface area (Å²) in [5.41, 5.74) is 0.